The summed E-state index contributed by atoms with van der Waals surface area (Å²) in [6.07, 6.45) is 0. The van der Waals surface area contributed by atoms with E-state index in [2.05, 4.69) is 130 Å². The summed E-state index contributed by atoms with van der Waals surface area (Å²) in [7, 11) is 0. The summed E-state index contributed by atoms with van der Waals surface area (Å²) in [5, 5.41) is 0. The number of imidazole rings is 1. The van der Waals surface area contributed by atoms with Gasteiger partial charge in [0.1, 0.15) is 11.2 Å². The molecule has 0 atom stereocenters. The number of hydrogen-bond acceptors (Lipinski definition) is 0. The minimum atomic E-state index is -0.0695. The van der Waals surface area contributed by atoms with Crippen molar-refractivity contribution in [1.29, 1.82) is 0 Å². The highest BCUT2D eigenvalue weighted by Gasteiger charge is 2.36. The first-order valence-electron chi connectivity index (χ1n) is 10.4. The molecular formula is C27H31N2+. The summed E-state index contributed by atoms with van der Waals surface area (Å²) in [6.45, 7) is 13.8. The molecule has 0 radical (unpaired) electrons. The molecule has 0 aliphatic rings. The second kappa shape index (κ2) is 6.88. The van der Waals surface area contributed by atoms with Crippen LogP contribution in [0.2, 0.25) is 0 Å². The molecule has 0 bridgehead atoms. The third kappa shape index (κ3) is 3.37. The van der Waals surface area contributed by atoms with Crippen molar-refractivity contribution in [3.05, 3.63) is 84.4 Å². The molecule has 0 saturated heterocycles. The molecule has 4 rings (SSSR count). The molecule has 1 heterocycles. The quantitative estimate of drug-likeness (QED) is 0.343. The summed E-state index contributed by atoms with van der Waals surface area (Å²) in [5.74, 6) is 1.23. The van der Waals surface area contributed by atoms with Gasteiger partial charge < -0.3 is 0 Å². The Morgan fingerprint density at radius 3 is 1.90 bits per heavy atom. The van der Waals surface area contributed by atoms with Crippen LogP contribution in [0.25, 0.3) is 28.1 Å². The van der Waals surface area contributed by atoms with E-state index in [9.17, 15) is 0 Å². The zero-order chi connectivity index (χ0) is 20.8. The van der Waals surface area contributed by atoms with E-state index in [0.29, 0.717) is 0 Å². The van der Waals surface area contributed by atoms with Gasteiger partial charge in [-0.3, -0.25) is 0 Å². The van der Waals surface area contributed by atoms with Crippen LogP contribution in [0.1, 0.15) is 47.1 Å². The molecule has 2 heteroatoms. The van der Waals surface area contributed by atoms with Crippen LogP contribution < -0.4 is 4.57 Å². The van der Waals surface area contributed by atoms with Gasteiger partial charge in [-0.05, 0) is 62.1 Å². The standard InChI is InChI=1S/C27H31N2/c1-26(2,3)22-17-11-10-16-21(22)25-28(20-14-8-7-9-15-20)23-18-12-13-19-24(23)29(25)27(4,5)6/h7-19H,1-6H3/q+1. The highest BCUT2D eigenvalue weighted by Crippen LogP contribution is 2.36. The molecule has 2 nitrogen and oxygen atoms in total. The lowest BCUT2D eigenvalue weighted by molar-refractivity contribution is -0.720. The lowest BCUT2D eigenvalue weighted by atomic mass is 9.83. The van der Waals surface area contributed by atoms with Gasteiger partial charge in [0.25, 0.3) is 5.82 Å². The molecule has 0 aliphatic carbocycles. The molecule has 0 fully saturated rings. The maximum Gasteiger partial charge on any atom is 0.295 e. The number of para-hydroxylation sites is 3. The summed E-state index contributed by atoms with van der Waals surface area (Å²) >= 11 is 0. The second-order valence-corrected chi connectivity index (χ2v) is 9.79. The van der Waals surface area contributed by atoms with Crippen LogP contribution in [-0.2, 0) is 11.0 Å². The normalized spacial score (nSPS) is 12.5. The Morgan fingerprint density at radius 1 is 0.655 bits per heavy atom. The van der Waals surface area contributed by atoms with Gasteiger partial charge in [0, 0.05) is 0 Å². The van der Waals surface area contributed by atoms with Crippen LogP contribution in [0.3, 0.4) is 0 Å². The van der Waals surface area contributed by atoms with Crippen LogP contribution >= 0.6 is 0 Å². The Morgan fingerprint density at radius 2 is 1.24 bits per heavy atom. The molecule has 29 heavy (non-hydrogen) atoms. The van der Waals surface area contributed by atoms with Gasteiger partial charge in [-0.15, -0.1) is 0 Å². The second-order valence-electron chi connectivity index (χ2n) is 9.79. The van der Waals surface area contributed by atoms with Crippen LogP contribution in [0.5, 0.6) is 0 Å². The first-order chi connectivity index (χ1) is 13.7. The van der Waals surface area contributed by atoms with Gasteiger partial charge in [0.2, 0.25) is 0 Å². The Labute approximate surface area is 174 Å². The summed E-state index contributed by atoms with van der Waals surface area (Å²) in [4.78, 5) is 0. The lowest BCUT2D eigenvalue weighted by Crippen LogP contribution is -2.51. The fourth-order valence-corrected chi connectivity index (χ4v) is 4.26. The molecule has 1 aromatic heterocycles. The number of hydrogen-bond donors (Lipinski definition) is 0. The van der Waals surface area contributed by atoms with Gasteiger partial charge in [0.05, 0.1) is 5.56 Å². The monoisotopic (exact) mass is 383 g/mol. The average molecular weight is 384 g/mol. The smallest absolute Gasteiger partial charge is 0.218 e. The van der Waals surface area contributed by atoms with E-state index in [0.717, 1.165) is 0 Å². The molecule has 4 aromatic rings. The van der Waals surface area contributed by atoms with E-state index in [1.165, 1.54) is 33.7 Å². The van der Waals surface area contributed by atoms with Crippen molar-refractivity contribution in [2.24, 2.45) is 0 Å². The van der Waals surface area contributed by atoms with Gasteiger partial charge >= 0.3 is 0 Å². The molecule has 0 saturated carbocycles. The maximum absolute atomic E-state index is 2.50. The maximum atomic E-state index is 2.50. The SMILES string of the molecule is CC(C)(C)c1ccccc1-c1n(-c2ccccc2)c2ccccc2[n+]1C(C)(C)C. The van der Waals surface area contributed by atoms with E-state index < -0.39 is 0 Å². The Bertz CT molecular complexity index is 1150. The minimum Gasteiger partial charge on any atom is -0.218 e. The molecular weight excluding hydrogens is 352 g/mol. The van der Waals surface area contributed by atoms with Crippen molar-refractivity contribution >= 4 is 11.0 Å². The first-order valence-corrected chi connectivity index (χ1v) is 10.4. The molecule has 0 spiro atoms. The van der Waals surface area contributed by atoms with Gasteiger partial charge in [-0.2, -0.15) is 4.57 Å². The first kappa shape index (κ1) is 19.4. The van der Waals surface area contributed by atoms with Gasteiger partial charge in [0.15, 0.2) is 11.0 Å². The third-order valence-corrected chi connectivity index (χ3v) is 5.45. The summed E-state index contributed by atoms with van der Waals surface area (Å²) in [6, 6.07) is 28.3. The van der Waals surface area contributed by atoms with Crippen molar-refractivity contribution in [3.8, 4) is 17.1 Å². The third-order valence-electron chi connectivity index (χ3n) is 5.45. The minimum absolute atomic E-state index is 0.0459. The predicted molar refractivity (Wildman–Crippen MR) is 123 cm³/mol. The zero-order valence-corrected chi connectivity index (χ0v) is 18.4. The van der Waals surface area contributed by atoms with Gasteiger partial charge in [-0.1, -0.05) is 69.3 Å². The summed E-state index contributed by atoms with van der Waals surface area (Å²) < 4.78 is 4.92. The highest BCUT2D eigenvalue weighted by molar-refractivity contribution is 5.80. The van der Waals surface area contributed by atoms with E-state index >= 15 is 0 Å². The number of rotatable bonds is 2. The molecule has 0 aliphatic heterocycles. The van der Waals surface area contributed by atoms with Crippen LogP contribution in [0, 0.1) is 0 Å². The van der Waals surface area contributed by atoms with Crippen LogP contribution in [0.4, 0.5) is 0 Å². The van der Waals surface area contributed by atoms with Crippen LogP contribution in [0.15, 0.2) is 78.9 Å². The topological polar surface area (TPSA) is 8.81 Å². The number of nitrogens with zero attached hydrogens (tertiary/aromatic N) is 2. The van der Waals surface area contributed by atoms with E-state index in [4.69, 9.17) is 0 Å². The van der Waals surface area contributed by atoms with Crippen molar-refractivity contribution in [1.82, 2.24) is 4.57 Å². The van der Waals surface area contributed by atoms with Crippen molar-refractivity contribution in [2.75, 3.05) is 0 Å². The predicted octanol–water partition coefficient (Wildman–Crippen LogP) is 6.64. The van der Waals surface area contributed by atoms with Crippen molar-refractivity contribution in [3.63, 3.8) is 0 Å². The number of fused-ring (bicyclic) bond motifs is 1. The average Bonchev–Trinajstić information content (AvgIpc) is 3.03. The fourth-order valence-electron chi connectivity index (χ4n) is 4.26. The van der Waals surface area contributed by atoms with E-state index in [1.54, 1.807) is 0 Å². The largest absolute Gasteiger partial charge is 0.295 e. The van der Waals surface area contributed by atoms with Crippen molar-refractivity contribution < 1.29 is 4.57 Å². The number of aromatic nitrogens is 2. The summed E-state index contributed by atoms with van der Waals surface area (Å²) in [5.41, 5.74) is 6.29. The lowest BCUT2D eigenvalue weighted by Gasteiger charge is -2.24. The molecule has 148 valence electrons. The molecule has 0 unspecified atom stereocenters. The molecule has 0 N–H and O–H groups in total. The zero-order valence-electron chi connectivity index (χ0n) is 18.4. The van der Waals surface area contributed by atoms with Crippen LogP contribution in [-0.4, -0.2) is 4.57 Å². The van der Waals surface area contributed by atoms with E-state index in [-0.39, 0.29) is 11.0 Å². The Balaban J connectivity index is 2.23. The highest BCUT2D eigenvalue weighted by atomic mass is 15.2. The van der Waals surface area contributed by atoms with Gasteiger partial charge in [-0.25, -0.2) is 4.57 Å². The number of benzene rings is 3. The molecule has 0 amide bonds. The molecule has 3 aromatic carbocycles. The van der Waals surface area contributed by atoms with E-state index in [1.807, 2.05) is 0 Å². The Hall–Kier alpha value is -2.87. The van der Waals surface area contributed by atoms with Crippen molar-refractivity contribution in [2.45, 2.75) is 52.5 Å². The fraction of sp³-hybridized carbons (Fsp3) is 0.296. The Kier molecular flexibility index (Phi) is 4.61.